The van der Waals surface area contributed by atoms with Crippen LogP contribution < -0.4 is 4.90 Å². The van der Waals surface area contributed by atoms with E-state index in [0.717, 1.165) is 90.9 Å². The summed E-state index contributed by atoms with van der Waals surface area (Å²) in [5.74, 6) is 0. The van der Waals surface area contributed by atoms with Gasteiger partial charge in [-0.15, -0.1) is 0 Å². The van der Waals surface area contributed by atoms with Gasteiger partial charge in [0.05, 0.1) is 35.8 Å². The van der Waals surface area contributed by atoms with Crippen LogP contribution in [0, 0.1) is 6.92 Å². The summed E-state index contributed by atoms with van der Waals surface area (Å²) in [7, 11) is 2.13. The molecule has 0 unspecified atom stereocenters. The maximum absolute atomic E-state index is 5.45. The average Bonchev–Trinajstić information content (AvgIpc) is 3.34. The van der Waals surface area contributed by atoms with Crippen LogP contribution in [-0.4, -0.2) is 76.5 Å². The zero-order valence-electron chi connectivity index (χ0n) is 19.2. The molecule has 0 bridgehead atoms. The van der Waals surface area contributed by atoms with Crippen molar-refractivity contribution in [3.05, 3.63) is 54.5 Å². The minimum Gasteiger partial charge on any atom is -0.379 e. The van der Waals surface area contributed by atoms with Crippen molar-refractivity contribution in [3.8, 4) is 22.6 Å². The van der Waals surface area contributed by atoms with Crippen molar-refractivity contribution in [2.75, 3.05) is 51.3 Å². The van der Waals surface area contributed by atoms with Crippen molar-refractivity contribution in [1.29, 1.82) is 0 Å². The highest BCUT2D eigenvalue weighted by molar-refractivity contribution is 5.90. The Balaban J connectivity index is 1.41. The highest BCUT2D eigenvalue weighted by atomic mass is 16.5. The van der Waals surface area contributed by atoms with Gasteiger partial charge in [0.1, 0.15) is 11.2 Å². The van der Waals surface area contributed by atoms with Crippen molar-refractivity contribution >= 4 is 16.7 Å². The Bertz CT molecular complexity index is 1230. The van der Waals surface area contributed by atoms with Crippen LogP contribution >= 0.6 is 0 Å². The van der Waals surface area contributed by atoms with Crippen molar-refractivity contribution in [2.24, 2.45) is 0 Å². The van der Waals surface area contributed by atoms with E-state index in [4.69, 9.17) is 9.72 Å². The van der Waals surface area contributed by atoms with E-state index in [1.807, 2.05) is 55.7 Å². The molecule has 1 aliphatic heterocycles. The largest absolute Gasteiger partial charge is 0.379 e. The summed E-state index contributed by atoms with van der Waals surface area (Å²) in [4.78, 5) is 19.0. The zero-order chi connectivity index (χ0) is 22.6. The summed E-state index contributed by atoms with van der Waals surface area (Å²) in [6, 6.07) is 12.0. The maximum atomic E-state index is 5.45. The molecule has 0 saturated carbocycles. The molecule has 0 aromatic carbocycles. The van der Waals surface area contributed by atoms with Gasteiger partial charge in [-0.25, -0.2) is 4.98 Å². The molecular weight excluding hydrogens is 414 g/mol. The van der Waals surface area contributed by atoms with Gasteiger partial charge in [-0.3, -0.25) is 20.0 Å². The second-order valence-corrected chi connectivity index (χ2v) is 8.44. The first-order chi connectivity index (χ1) is 16.2. The minimum atomic E-state index is 0.801. The number of morpholine rings is 1. The van der Waals surface area contributed by atoms with Crippen molar-refractivity contribution in [2.45, 2.75) is 13.3 Å². The number of hydrogen-bond donors (Lipinski definition) is 1. The van der Waals surface area contributed by atoms with Gasteiger partial charge in [0.15, 0.2) is 0 Å². The molecule has 0 radical (unpaired) electrons. The highest BCUT2D eigenvalue weighted by Crippen LogP contribution is 2.31. The molecule has 5 heterocycles. The van der Waals surface area contributed by atoms with Crippen LogP contribution in [0.2, 0.25) is 0 Å². The van der Waals surface area contributed by atoms with Crippen molar-refractivity contribution in [3.63, 3.8) is 0 Å². The number of H-pyrrole nitrogens is 1. The van der Waals surface area contributed by atoms with Crippen molar-refractivity contribution < 1.29 is 4.74 Å². The van der Waals surface area contributed by atoms with Gasteiger partial charge >= 0.3 is 0 Å². The molecule has 170 valence electrons. The SMILES string of the molecule is Cc1cccc(-c2n[nH]cc2-c2ccc3nccc(N(C)CCCN4CCOCC4)c3n2)n1. The monoisotopic (exact) mass is 443 g/mol. The number of nitrogens with one attached hydrogen (secondary N) is 1. The number of anilines is 1. The molecule has 1 saturated heterocycles. The summed E-state index contributed by atoms with van der Waals surface area (Å²) in [6.07, 6.45) is 4.83. The summed E-state index contributed by atoms with van der Waals surface area (Å²) >= 11 is 0. The van der Waals surface area contributed by atoms with Gasteiger partial charge < -0.3 is 9.64 Å². The van der Waals surface area contributed by atoms with Crippen LogP contribution in [0.25, 0.3) is 33.7 Å². The lowest BCUT2D eigenvalue weighted by atomic mass is 10.1. The van der Waals surface area contributed by atoms with Crippen LogP contribution in [0.3, 0.4) is 0 Å². The predicted octanol–water partition coefficient (Wildman–Crippen LogP) is 3.55. The highest BCUT2D eigenvalue weighted by Gasteiger charge is 2.16. The number of aromatic amines is 1. The van der Waals surface area contributed by atoms with E-state index in [1.165, 1.54) is 0 Å². The third-order valence-corrected chi connectivity index (χ3v) is 6.09. The fourth-order valence-electron chi connectivity index (χ4n) is 4.30. The number of rotatable bonds is 7. The molecule has 4 aromatic heterocycles. The Hall–Kier alpha value is -3.36. The summed E-state index contributed by atoms with van der Waals surface area (Å²) in [5, 5.41) is 7.45. The predicted molar refractivity (Wildman–Crippen MR) is 130 cm³/mol. The molecule has 0 spiro atoms. The van der Waals surface area contributed by atoms with Gasteiger partial charge in [-0.1, -0.05) is 6.07 Å². The van der Waals surface area contributed by atoms with Crippen LogP contribution in [0.4, 0.5) is 5.69 Å². The fraction of sp³-hybridized carbons (Fsp3) is 0.360. The van der Waals surface area contributed by atoms with E-state index in [9.17, 15) is 0 Å². The number of pyridine rings is 3. The summed E-state index contributed by atoms with van der Waals surface area (Å²) in [6.45, 7) is 7.74. The minimum absolute atomic E-state index is 0.801. The topological polar surface area (TPSA) is 83.1 Å². The number of nitrogens with zero attached hydrogens (tertiary/aromatic N) is 6. The lowest BCUT2D eigenvalue weighted by Crippen LogP contribution is -2.37. The average molecular weight is 444 g/mol. The molecule has 1 fully saturated rings. The Morgan fingerprint density at radius 2 is 1.94 bits per heavy atom. The number of fused-ring (bicyclic) bond motifs is 1. The van der Waals surface area contributed by atoms with Crippen LogP contribution in [0.5, 0.6) is 0 Å². The lowest BCUT2D eigenvalue weighted by Gasteiger charge is -2.28. The number of aryl methyl sites for hydroxylation is 1. The van der Waals surface area contributed by atoms with E-state index >= 15 is 0 Å². The van der Waals surface area contributed by atoms with E-state index in [2.05, 4.69) is 37.0 Å². The van der Waals surface area contributed by atoms with Crippen LogP contribution in [0.15, 0.2) is 48.8 Å². The normalized spacial score (nSPS) is 14.6. The molecule has 5 rings (SSSR count). The maximum Gasteiger partial charge on any atom is 0.120 e. The molecule has 1 N–H and O–H groups in total. The van der Waals surface area contributed by atoms with E-state index < -0.39 is 0 Å². The standard InChI is InChI=1S/C25H29N7O/c1-18-5-3-6-22(28-18)24-19(17-27-30-24)20-7-8-21-25(29-20)23(9-10-26-21)31(2)11-4-12-32-13-15-33-16-14-32/h3,5-10,17H,4,11-16H2,1-2H3,(H,27,30). The van der Waals surface area contributed by atoms with Crippen molar-refractivity contribution in [1.82, 2.24) is 30.0 Å². The van der Waals surface area contributed by atoms with Crippen LogP contribution in [-0.2, 0) is 4.74 Å². The van der Waals surface area contributed by atoms with Gasteiger partial charge in [0.2, 0.25) is 0 Å². The van der Waals surface area contributed by atoms with Gasteiger partial charge in [0, 0.05) is 56.9 Å². The van der Waals surface area contributed by atoms with Gasteiger partial charge in [-0.05, 0) is 43.7 Å². The summed E-state index contributed by atoms with van der Waals surface area (Å²) in [5.41, 5.74) is 7.24. The summed E-state index contributed by atoms with van der Waals surface area (Å²) < 4.78 is 5.45. The Morgan fingerprint density at radius 3 is 2.79 bits per heavy atom. The quantitative estimate of drug-likeness (QED) is 0.468. The molecule has 0 atom stereocenters. The molecule has 0 aliphatic carbocycles. The number of hydrogen-bond acceptors (Lipinski definition) is 7. The first kappa shape index (κ1) is 21.5. The molecule has 4 aromatic rings. The van der Waals surface area contributed by atoms with E-state index in [-0.39, 0.29) is 0 Å². The second-order valence-electron chi connectivity index (χ2n) is 8.44. The first-order valence-electron chi connectivity index (χ1n) is 11.4. The van der Waals surface area contributed by atoms with Crippen LogP contribution in [0.1, 0.15) is 12.1 Å². The molecule has 1 aliphatic rings. The molecule has 8 nitrogen and oxygen atoms in total. The fourth-order valence-corrected chi connectivity index (χ4v) is 4.30. The lowest BCUT2D eigenvalue weighted by molar-refractivity contribution is 0.0377. The smallest absolute Gasteiger partial charge is 0.120 e. The third kappa shape index (κ3) is 4.72. The first-order valence-corrected chi connectivity index (χ1v) is 11.4. The van der Waals surface area contributed by atoms with E-state index in [1.54, 1.807) is 0 Å². The van der Waals surface area contributed by atoms with Gasteiger partial charge in [0.25, 0.3) is 0 Å². The Morgan fingerprint density at radius 1 is 1.06 bits per heavy atom. The Kier molecular flexibility index (Phi) is 6.28. The Labute approximate surface area is 193 Å². The molecule has 0 amide bonds. The molecule has 33 heavy (non-hydrogen) atoms. The second kappa shape index (κ2) is 9.64. The zero-order valence-corrected chi connectivity index (χ0v) is 19.2. The molecule has 8 heteroatoms. The van der Waals surface area contributed by atoms with Gasteiger partial charge in [-0.2, -0.15) is 5.10 Å². The third-order valence-electron chi connectivity index (χ3n) is 6.09. The van der Waals surface area contributed by atoms with E-state index in [0.29, 0.717) is 0 Å². The number of aromatic nitrogens is 5. The molecular formula is C25H29N7O. The number of ether oxygens (including phenoxy) is 1.